The van der Waals surface area contributed by atoms with E-state index in [4.69, 9.17) is 10.5 Å². The predicted octanol–water partition coefficient (Wildman–Crippen LogP) is 2.67. The van der Waals surface area contributed by atoms with Crippen LogP contribution in [-0.2, 0) is 6.54 Å². The minimum atomic E-state index is 0.411. The summed E-state index contributed by atoms with van der Waals surface area (Å²) in [6.45, 7) is 5.15. The summed E-state index contributed by atoms with van der Waals surface area (Å²) < 4.78 is 5.50. The summed E-state index contributed by atoms with van der Waals surface area (Å²) in [7, 11) is 1.75. The highest BCUT2D eigenvalue weighted by atomic mass is 16.5. The lowest BCUT2D eigenvalue weighted by Crippen LogP contribution is -2.37. The molecule has 3 nitrogen and oxygen atoms in total. The summed E-state index contributed by atoms with van der Waals surface area (Å²) in [6, 6.07) is 5.34. The van der Waals surface area contributed by atoms with Crippen molar-refractivity contribution in [2.75, 3.05) is 7.11 Å². The SMILES string of the molecule is COc1cc(C)cc(C)c1CNC1CCC(N)CC1. The van der Waals surface area contributed by atoms with Crippen LogP contribution in [0.25, 0.3) is 0 Å². The molecule has 1 aromatic rings. The zero-order valence-electron chi connectivity index (χ0n) is 12.3. The molecule has 0 aromatic heterocycles. The molecular formula is C16H26N2O. The van der Waals surface area contributed by atoms with Crippen LogP contribution in [0.2, 0.25) is 0 Å². The van der Waals surface area contributed by atoms with Crippen LogP contribution in [0.1, 0.15) is 42.4 Å². The lowest BCUT2D eigenvalue weighted by Gasteiger charge is -2.27. The van der Waals surface area contributed by atoms with Gasteiger partial charge in [0, 0.05) is 24.2 Å². The van der Waals surface area contributed by atoms with Crippen LogP contribution in [0.3, 0.4) is 0 Å². The van der Waals surface area contributed by atoms with E-state index in [1.807, 2.05) is 0 Å². The van der Waals surface area contributed by atoms with Gasteiger partial charge in [0.05, 0.1) is 7.11 Å². The van der Waals surface area contributed by atoms with Gasteiger partial charge >= 0.3 is 0 Å². The van der Waals surface area contributed by atoms with Crippen LogP contribution in [0.15, 0.2) is 12.1 Å². The molecule has 1 saturated carbocycles. The smallest absolute Gasteiger partial charge is 0.123 e. The molecule has 0 aliphatic heterocycles. The predicted molar refractivity (Wildman–Crippen MR) is 79.5 cm³/mol. The average molecular weight is 262 g/mol. The van der Waals surface area contributed by atoms with Crippen LogP contribution < -0.4 is 15.8 Å². The Morgan fingerprint density at radius 3 is 2.53 bits per heavy atom. The van der Waals surface area contributed by atoms with Gasteiger partial charge in [-0.1, -0.05) is 6.07 Å². The highest BCUT2D eigenvalue weighted by Gasteiger charge is 2.18. The number of hydrogen-bond donors (Lipinski definition) is 2. The third-order valence-electron chi connectivity index (χ3n) is 4.14. The topological polar surface area (TPSA) is 47.3 Å². The number of ether oxygens (including phenoxy) is 1. The van der Waals surface area contributed by atoms with Crippen LogP contribution >= 0.6 is 0 Å². The number of rotatable bonds is 4. The molecule has 106 valence electrons. The Morgan fingerprint density at radius 2 is 1.89 bits per heavy atom. The normalized spacial score (nSPS) is 23.4. The maximum atomic E-state index is 5.94. The molecule has 3 heteroatoms. The second kappa shape index (κ2) is 6.40. The van der Waals surface area contributed by atoms with Crippen molar-refractivity contribution in [2.45, 2.75) is 58.2 Å². The summed E-state index contributed by atoms with van der Waals surface area (Å²) >= 11 is 0. The fourth-order valence-electron chi connectivity index (χ4n) is 2.94. The molecule has 1 aliphatic carbocycles. The quantitative estimate of drug-likeness (QED) is 0.877. The molecule has 0 spiro atoms. The molecule has 0 bridgehead atoms. The fraction of sp³-hybridized carbons (Fsp3) is 0.625. The first kappa shape index (κ1) is 14.4. The Labute approximate surface area is 116 Å². The van der Waals surface area contributed by atoms with Crippen LogP contribution in [0, 0.1) is 13.8 Å². The van der Waals surface area contributed by atoms with Crippen molar-refractivity contribution >= 4 is 0 Å². The first-order valence-corrected chi connectivity index (χ1v) is 7.23. The van der Waals surface area contributed by atoms with Gasteiger partial charge in [-0.3, -0.25) is 0 Å². The molecule has 1 aromatic carbocycles. The van der Waals surface area contributed by atoms with E-state index in [0.717, 1.165) is 25.1 Å². The number of aryl methyl sites for hydroxylation is 2. The molecule has 0 atom stereocenters. The largest absolute Gasteiger partial charge is 0.496 e. The van der Waals surface area contributed by atoms with E-state index < -0.39 is 0 Å². The Bertz CT molecular complexity index is 423. The molecule has 1 aliphatic rings. The van der Waals surface area contributed by atoms with E-state index >= 15 is 0 Å². The summed E-state index contributed by atoms with van der Waals surface area (Å²) in [5.41, 5.74) is 9.78. The minimum Gasteiger partial charge on any atom is -0.496 e. The van der Waals surface area contributed by atoms with Gasteiger partial charge in [-0.15, -0.1) is 0 Å². The average Bonchev–Trinajstić information content (AvgIpc) is 2.39. The van der Waals surface area contributed by atoms with Gasteiger partial charge in [0.25, 0.3) is 0 Å². The van der Waals surface area contributed by atoms with Crippen molar-refractivity contribution in [2.24, 2.45) is 5.73 Å². The van der Waals surface area contributed by atoms with Gasteiger partial charge in [0.1, 0.15) is 5.75 Å². The Morgan fingerprint density at radius 1 is 1.21 bits per heavy atom. The maximum absolute atomic E-state index is 5.94. The number of nitrogens with two attached hydrogens (primary N) is 1. The molecule has 19 heavy (non-hydrogen) atoms. The van der Waals surface area contributed by atoms with Gasteiger partial charge < -0.3 is 15.8 Å². The monoisotopic (exact) mass is 262 g/mol. The third-order valence-corrected chi connectivity index (χ3v) is 4.14. The summed E-state index contributed by atoms with van der Waals surface area (Å²) in [4.78, 5) is 0. The van der Waals surface area contributed by atoms with Crippen molar-refractivity contribution in [1.82, 2.24) is 5.32 Å². The zero-order valence-corrected chi connectivity index (χ0v) is 12.3. The molecule has 0 amide bonds. The van der Waals surface area contributed by atoms with Crippen molar-refractivity contribution < 1.29 is 4.74 Å². The maximum Gasteiger partial charge on any atom is 0.123 e. The van der Waals surface area contributed by atoms with Gasteiger partial charge in [-0.25, -0.2) is 0 Å². The minimum absolute atomic E-state index is 0.411. The van der Waals surface area contributed by atoms with Crippen molar-refractivity contribution in [1.29, 1.82) is 0 Å². The molecular weight excluding hydrogens is 236 g/mol. The fourth-order valence-corrected chi connectivity index (χ4v) is 2.94. The number of nitrogens with one attached hydrogen (secondary N) is 1. The highest BCUT2D eigenvalue weighted by molar-refractivity contribution is 5.43. The standard InChI is InChI=1S/C16H26N2O/c1-11-8-12(2)15(16(9-11)19-3)10-18-14-6-4-13(17)5-7-14/h8-9,13-14,18H,4-7,10,17H2,1-3H3. The molecule has 0 saturated heterocycles. The first-order valence-electron chi connectivity index (χ1n) is 7.23. The van der Waals surface area contributed by atoms with Crippen LogP contribution in [0.4, 0.5) is 0 Å². The number of methoxy groups -OCH3 is 1. The number of hydrogen-bond acceptors (Lipinski definition) is 3. The lowest BCUT2D eigenvalue weighted by molar-refractivity contribution is 0.338. The molecule has 2 rings (SSSR count). The first-order chi connectivity index (χ1) is 9.10. The van der Waals surface area contributed by atoms with Gasteiger partial charge in [-0.05, 0) is 56.7 Å². The van der Waals surface area contributed by atoms with E-state index in [2.05, 4.69) is 31.3 Å². The van der Waals surface area contributed by atoms with Crippen LogP contribution in [-0.4, -0.2) is 19.2 Å². The van der Waals surface area contributed by atoms with Gasteiger partial charge in [0.2, 0.25) is 0 Å². The molecule has 1 fully saturated rings. The van der Waals surface area contributed by atoms with E-state index in [1.54, 1.807) is 7.11 Å². The van der Waals surface area contributed by atoms with Gasteiger partial charge in [0.15, 0.2) is 0 Å². The highest BCUT2D eigenvalue weighted by Crippen LogP contribution is 2.25. The van der Waals surface area contributed by atoms with E-state index in [-0.39, 0.29) is 0 Å². The Hall–Kier alpha value is -1.06. The second-order valence-electron chi connectivity index (χ2n) is 5.76. The lowest BCUT2D eigenvalue weighted by atomic mass is 9.91. The van der Waals surface area contributed by atoms with Crippen LogP contribution in [0.5, 0.6) is 5.75 Å². The number of benzene rings is 1. The van der Waals surface area contributed by atoms with E-state index in [9.17, 15) is 0 Å². The molecule has 0 heterocycles. The Balaban J connectivity index is 1.99. The second-order valence-corrected chi connectivity index (χ2v) is 5.76. The van der Waals surface area contributed by atoms with E-state index in [1.165, 1.54) is 29.5 Å². The van der Waals surface area contributed by atoms with Crippen molar-refractivity contribution in [3.05, 3.63) is 28.8 Å². The molecule has 0 radical (unpaired) electrons. The van der Waals surface area contributed by atoms with Gasteiger partial charge in [-0.2, -0.15) is 0 Å². The molecule has 0 unspecified atom stereocenters. The Kier molecular flexibility index (Phi) is 4.83. The third kappa shape index (κ3) is 3.71. The summed E-state index contributed by atoms with van der Waals surface area (Å²) in [5.74, 6) is 0.998. The molecule has 3 N–H and O–H groups in total. The van der Waals surface area contributed by atoms with E-state index in [0.29, 0.717) is 12.1 Å². The summed E-state index contributed by atoms with van der Waals surface area (Å²) in [5, 5.41) is 3.66. The summed E-state index contributed by atoms with van der Waals surface area (Å²) in [6.07, 6.45) is 4.66. The zero-order chi connectivity index (χ0) is 13.8. The van der Waals surface area contributed by atoms with Crippen molar-refractivity contribution in [3.8, 4) is 5.75 Å². The van der Waals surface area contributed by atoms with Crippen molar-refractivity contribution in [3.63, 3.8) is 0 Å².